The molecule has 0 aliphatic carbocycles. The van der Waals surface area contributed by atoms with Gasteiger partial charge in [0.05, 0.1) is 17.6 Å². The van der Waals surface area contributed by atoms with Gasteiger partial charge in [-0.05, 0) is 19.1 Å². The van der Waals surface area contributed by atoms with Gasteiger partial charge in [0.25, 0.3) is 10.0 Å². The van der Waals surface area contributed by atoms with Crippen LogP contribution in [0.3, 0.4) is 0 Å². The second-order valence-corrected chi connectivity index (χ2v) is 9.63. The molecule has 14 heteroatoms. The summed E-state index contributed by atoms with van der Waals surface area (Å²) < 4.78 is 26.4. The molecule has 0 aliphatic heterocycles. The number of hydrogen-bond acceptors (Lipinski definition) is 7. The number of aromatic amines is 2. The van der Waals surface area contributed by atoms with Gasteiger partial charge in [-0.15, -0.1) is 0 Å². The number of sulfonamides is 1. The molecular formula is C22H28N8O5S. The fourth-order valence-corrected chi connectivity index (χ4v) is 4.11. The number of amides is 4. The molecule has 1 atom stereocenters. The van der Waals surface area contributed by atoms with E-state index in [1.165, 1.54) is 18.5 Å². The molecule has 0 aliphatic rings. The van der Waals surface area contributed by atoms with Crippen molar-refractivity contribution in [3.63, 3.8) is 0 Å². The van der Waals surface area contributed by atoms with Crippen molar-refractivity contribution in [3.8, 4) is 0 Å². The first-order valence-electron chi connectivity index (χ1n) is 11.1. The molecule has 0 saturated carbocycles. The molecule has 192 valence electrons. The number of rotatable bonds is 12. The van der Waals surface area contributed by atoms with Crippen LogP contribution in [0.5, 0.6) is 0 Å². The van der Waals surface area contributed by atoms with Crippen LogP contribution in [0, 0.1) is 6.92 Å². The number of hydrogen-bond donors (Lipinski definition) is 6. The lowest BCUT2D eigenvalue weighted by Gasteiger charge is -2.18. The molecule has 2 heterocycles. The molecule has 0 fully saturated rings. The molecule has 2 aromatic heterocycles. The fraction of sp³-hybridized carbons (Fsp3) is 0.318. The van der Waals surface area contributed by atoms with Gasteiger partial charge >= 0.3 is 6.03 Å². The number of carbonyl (C=O) groups is 3. The van der Waals surface area contributed by atoms with E-state index in [2.05, 4.69) is 35.9 Å². The molecule has 1 unspecified atom stereocenters. The lowest BCUT2D eigenvalue weighted by Crippen LogP contribution is -2.49. The van der Waals surface area contributed by atoms with Crippen molar-refractivity contribution in [1.29, 1.82) is 0 Å². The first-order chi connectivity index (χ1) is 17.2. The van der Waals surface area contributed by atoms with E-state index in [-0.39, 0.29) is 30.2 Å². The van der Waals surface area contributed by atoms with E-state index in [1.54, 1.807) is 30.9 Å². The van der Waals surface area contributed by atoms with Crippen LogP contribution >= 0.6 is 0 Å². The molecular weight excluding hydrogens is 488 g/mol. The van der Waals surface area contributed by atoms with Crippen molar-refractivity contribution >= 4 is 27.9 Å². The molecule has 36 heavy (non-hydrogen) atoms. The van der Waals surface area contributed by atoms with Crippen LogP contribution in [-0.4, -0.2) is 65.3 Å². The summed E-state index contributed by atoms with van der Waals surface area (Å²) in [5.74, 6) is -0.878. The lowest BCUT2D eigenvalue weighted by molar-refractivity contribution is -0.128. The number of nitrogens with one attached hydrogen (secondary N) is 6. The van der Waals surface area contributed by atoms with Gasteiger partial charge in [-0.1, -0.05) is 17.7 Å². The quantitative estimate of drug-likeness (QED) is 0.194. The van der Waals surface area contributed by atoms with Gasteiger partial charge in [-0.2, -0.15) is 0 Å². The van der Waals surface area contributed by atoms with E-state index >= 15 is 0 Å². The summed E-state index contributed by atoms with van der Waals surface area (Å²) in [6.07, 6.45) is 6.79. The summed E-state index contributed by atoms with van der Waals surface area (Å²) in [6.45, 7) is 2.01. The minimum atomic E-state index is -4.04. The Bertz CT molecular complexity index is 1240. The van der Waals surface area contributed by atoms with Gasteiger partial charge in [-0.25, -0.2) is 27.9 Å². The van der Waals surface area contributed by atoms with E-state index in [1.807, 2.05) is 11.6 Å². The van der Waals surface area contributed by atoms with Crippen molar-refractivity contribution in [3.05, 3.63) is 66.3 Å². The van der Waals surface area contributed by atoms with Crippen LogP contribution in [-0.2, 0) is 32.5 Å². The van der Waals surface area contributed by atoms with Crippen LogP contribution in [0.2, 0.25) is 0 Å². The highest BCUT2D eigenvalue weighted by Crippen LogP contribution is 2.09. The number of aromatic nitrogens is 4. The molecule has 0 spiro atoms. The molecule has 13 nitrogen and oxygen atoms in total. The Morgan fingerprint density at radius 3 is 2.25 bits per heavy atom. The minimum Gasteiger partial charge on any atom is -0.354 e. The zero-order valence-corrected chi connectivity index (χ0v) is 20.4. The summed E-state index contributed by atoms with van der Waals surface area (Å²) in [6, 6.07) is 4.16. The van der Waals surface area contributed by atoms with Crippen molar-refractivity contribution in [1.82, 2.24) is 40.6 Å². The summed E-state index contributed by atoms with van der Waals surface area (Å²) in [7, 11) is -4.04. The summed E-state index contributed by atoms with van der Waals surface area (Å²) in [5.41, 5.74) is 2.39. The number of benzene rings is 1. The zero-order chi connectivity index (χ0) is 26.0. The Balaban J connectivity index is 1.46. The molecule has 0 radical (unpaired) electrons. The third-order valence-electron chi connectivity index (χ3n) is 5.07. The van der Waals surface area contributed by atoms with E-state index in [4.69, 9.17) is 0 Å². The minimum absolute atomic E-state index is 0.0545. The van der Waals surface area contributed by atoms with E-state index < -0.39 is 28.0 Å². The van der Waals surface area contributed by atoms with Crippen molar-refractivity contribution in [2.24, 2.45) is 0 Å². The summed E-state index contributed by atoms with van der Waals surface area (Å²) in [4.78, 5) is 50.8. The monoisotopic (exact) mass is 516 g/mol. The maximum Gasteiger partial charge on any atom is 0.328 e. The smallest absolute Gasteiger partial charge is 0.328 e. The number of nitrogens with zero attached hydrogens (tertiary/aromatic N) is 2. The lowest BCUT2D eigenvalue weighted by atomic mass is 10.1. The Labute approximate surface area is 207 Å². The van der Waals surface area contributed by atoms with Gasteiger partial charge < -0.3 is 25.9 Å². The first-order valence-corrected chi connectivity index (χ1v) is 12.6. The Morgan fingerprint density at radius 1 is 0.944 bits per heavy atom. The van der Waals surface area contributed by atoms with Gasteiger partial charge in [-0.3, -0.25) is 9.59 Å². The molecule has 3 rings (SSSR count). The van der Waals surface area contributed by atoms with Gasteiger partial charge in [0, 0.05) is 56.1 Å². The summed E-state index contributed by atoms with van der Waals surface area (Å²) >= 11 is 0. The molecule has 0 saturated heterocycles. The highest BCUT2D eigenvalue weighted by molar-refractivity contribution is 7.90. The van der Waals surface area contributed by atoms with Crippen molar-refractivity contribution < 1.29 is 22.8 Å². The van der Waals surface area contributed by atoms with E-state index in [0.717, 1.165) is 11.3 Å². The normalized spacial score (nSPS) is 11.9. The van der Waals surface area contributed by atoms with E-state index in [0.29, 0.717) is 18.7 Å². The number of H-pyrrole nitrogens is 2. The second-order valence-electron chi connectivity index (χ2n) is 7.94. The van der Waals surface area contributed by atoms with Crippen LogP contribution in [0.15, 0.2) is 54.2 Å². The fourth-order valence-electron chi connectivity index (χ4n) is 3.18. The predicted molar refractivity (Wildman–Crippen MR) is 129 cm³/mol. The van der Waals surface area contributed by atoms with Crippen LogP contribution < -0.4 is 20.7 Å². The highest BCUT2D eigenvalue weighted by atomic mass is 32.2. The summed E-state index contributed by atoms with van der Waals surface area (Å²) in [5, 5.41) is 7.75. The Hall–Kier alpha value is -4.20. The number of imidazole rings is 2. The second kappa shape index (κ2) is 12.5. The number of carbonyl (C=O) groups excluding carboxylic acids is 3. The molecule has 3 aromatic rings. The highest BCUT2D eigenvalue weighted by Gasteiger charge is 2.22. The zero-order valence-electron chi connectivity index (χ0n) is 19.6. The number of aryl methyl sites for hydroxylation is 1. The van der Waals surface area contributed by atoms with Gasteiger partial charge in [0.15, 0.2) is 0 Å². The third kappa shape index (κ3) is 8.23. The molecule has 0 bridgehead atoms. The number of urea groups is 1. The first kappa shape index (κ1) is 26.4. The predicted octanol–water partition coefficient (Wildman–Crippen LogP) is -0.0944. The van der Waals surface area contributed by atoms with Crippen molar-refractivity contribution in [2.45, 2.75) is 37.1 Å². The van der Waals surface area contributed by atoms with Crippen LogP contribution in [0.4, 0.5) is 4.79 Å². The van der Waals surface area contributed by atoms with Gasteiger partial charge in [0.1, 0.15) is 6.04 Å². The SMILES string of the molecule is Cc1ccc(S(=O)(=O)NC(=O)NCCC(=O)NC(Cc2cnc[nH]2)C(=O)NCCc2cnc[nH]2)cc1. The van der Waals surface area contributed by atoms with E-state index in [9.17, 15) is 22.8 Å². The molecule has 1 aromatic carbocycles. The average Bonchev–Trinajstić information content (AvgIpc) is 3.53. The molecule has 6 N–H and O–H groups in total. The van der Waals surface area contributed by atoms with Crippen LogP contribution in [0.25, 0.3) is 0 Å². The third-order valence-corrected chi connectivity index (χ3v) is 6.42. The maximum absolute atomic E-state index is 12.7. The Morgan fingerprint density at radius 2 is 1.61 bits per heavy atom. The molecule has 4 amide bonds. The Kier molecular flexibility index (Phi) is 9.16. The van der Waals surface area contributed by atoms with Crippen LogP contribution in [0.1, 0.15) is 23.4 Å². The topological polar surface area (TPSA) is 191 Å². The van der Waals surface area contributed by atoms with Crippen molar-refractivity contribution in [2.75, 3.05) is 13.1 Å². The largest absolute Gasteiger partial charge is 0.354 e. The van der Waals surface area contributed by atoms with Gasteiger partial charge in [0.2, 0.25) is 11.8 Å². The average molecular weight is 517 g/mol. The standard InChI is InChI=1S/C22H28N8O5S/c1-15-2-4-18(5-3-15)36(34,35)30-22(33)26-9-7-20(31)29-19(10-17-12-24-14-28-17)21(32)25-8-6-16-11-23-13-27-16/h2-5,11-14,19H,6-10H2,1H3,(H,23,27)(H,24,28)(H,25,32)(H,29,31)(H2,26,30,33). The maximum atomic E-state index is 12.7.